The zero-order valence-electron chi connectivity index (χ0n) is 12.6. The molecule has 5 nitrogen and oxygen atoms in total. The monoisotopic (exact) mass is 318 g/mol. The Kier molecular flexibility index (Phi) is 4.73. The van der Waals surface area contributed by atoms with Crippen molar-refractivity contribution in [2.24, 2.45) is 0 Å². The molecule has 3 rings (SSSR count). The second-order valence-electron chi connectivity index (χ2n) is 5.47. The van der Waals surface area contributed by atoms with E-state index >= 15 is 0 Å². The number of aromatic nitrogens is 3. The SMILES string of the molecule is Cc1nc(Cl)cc(NCc2cccnc2OC2CCCC2)n1. The molecule has 0 bridgehead atoms. The van der Waals surface area contributed by atoms with Gasteiger partial charge in [0, 0.05) is 24.4 Å². The van der Waals surface area contributed by atoms with Crippen LogP contribution in [-0.4, -0.2) is 21.1 Å². The molecule has 0 radical (unpaired) electrons. The molecule has 1 N–H and O–H groups in total. The normalized spacial score (nSPS) is 15.0. The molecular weight excluding hydrogens is 300 g/mol. The summed E-state index contributed by atoms with van der Waals surface area (Å²) in [4.78, 5) is 12.7. The van der Waals surface area contributed by atoms with Gasteiger partial charge in [-0.1, -0.05) is 17.7 Å². The predicted octanol–water partition coefficient (Wildman–Crippen LogP) is 3.77. The molecule has 0 spiro atoms. The van der Waals surface area contributed by atoms with Gasteiger partial charge in [-0.3, -0.25) is 0 Å². The van der Waals surface area contributed by atoms with Crippen LogP contribution < -0.4 is 10.1 Å². The first-order valence-electron chi connectivity index (χ1n) is 7.56. The number of hydrogen-bond donors (Lipinski definition) is 1. The zero-order chi connectivity index (χ0) is 15.4. The first kappa shape index (κ1) is 15.0. The maximum Gasteiger partial charge on any atom is 0.218 e. The Morgan fingerprint density at radius 1 is 1.32 bits per heavy atom. The fraction of sp³-hybridized carbons (Fsp3) is 0.438. The van der Waals surface area contributed by atoms with Crippen molar-refractivity contribution in [3.63, 3.8) is 0 Å². The molecule has 0 amide bonds. The van der Waals surface area contributed by atoms with Gasteiger partial charge in [0.25, 0.3) is 0 Å². The van der Waals surface area contributed by atoms with Gasteiger partial charge < -0.3 is 10.1 Å². The van der Waals surface area contributed by atoms with E-state index in [0.29, 0.717) is 35.3 Å². The lowest BCUT2D eigenvalue weighted by atomic mass is 10.2. The fourth-order valence-corrected chi connectivity index (χ4v) is 2.86. The Morgan fingerprint density at radius 2 is 2.14 bits per heavy atom. The van der Waals surface area contributed by atoms with Crippen molar-refractivity contribution in [3.8, 4) is 5.88 Å². The van der Waals surface area contributed by atoms with E-state index in [1.807, 2.05) is 19.1 Å². The van der Waals surface area contributed by atoms with Crippen LogP contribution in [-0.2, 0) is 6.54 Å². The van der Waals surface area contributed by atoms with Gasteiger partial charge in [0.2, 0.25) is 5.88 Å². The van der Waals surface area contributed by atoms with E-state index in [4.69, 9.17) is 16.3 Å². The van der Waals surface area contributed by atoms with Gasteiger partial charge in [0.05, 0.1) is 0 Å². The third-order valence-corrected chi connectivity index (χ3v) is 3.89. The fourth-order valence-electron chi connectivity index (χ4n) is 2.64. The molecule has 6 heteroatoms. The van der Waals surface area contributed by atoms with Crippen LogP contribution in [0.1, 0.15) is 37.1 Å². The van der Waals surface area contributed by atoms with Crippen molar-refractivity contribution in [2.45, 2.75) is 45.3 Å². The summed E-state index contributed by atoms with van der Waals surface area (Å²) in [6, 6.07) is 5.64. The van der Waals surface area contributed by atoms with Gasteiger partial charge in [-0.2, -0.15) is 0 Å². The largest absolute Gasteiger partial charge is 0.474 e. The number of aryl methyl sites for hydroxylation is 1. The maximum atomic E-state index is 6.03. The summed E-state index contributed by atoms with van der Waals surface area (Å²) in [5, 5.41) is 3.69. The Hall–Kier alpha value is -1.88. The molecule has 0 unspecified atom stereocenters. The minimum absolute atomic E-state index is 0.296. The van der Waals surface area contributed by atoms with Gasteiger partial charge in [-0.15, -0.1) is 0 Å². The van der Waals surface area contributed by atoms with E-state index in [-0.39, 0.29) is 0 Å². The van der Waals surface area contributed by atoms with E-state index in [0.717, 1.165) is 18.4 Å². The van der Waals surface area contributed by atoms with Gasteiger partial charge in [0.1, 0.15) is 22.9 Å². The molecule has 116 valence electrons. The standard InChI is InChI=1S/C16H19ClN4O/c1-11-20-14(17)9-15(21-11)19-10-12-5-4-8-18-16(12)22-13-6-2-3-7-13/h4-5,8-9,13H,2-3,6-7,10H2,1H3,(H,19,20,21). The van der Waals surface area contributed by atoms with E-state index in [2.05, 4.69) is 20.3 Å². The number of nitrogens with one attached hydrogen (secondary N) is 1. The molecule has 0 aromatic carbocycles. The highest BCUT2D eigenvalue weighted by molar-refractivity contribution is 6.29. The van der Waals surface area contributed by atoms with Gasteiger partial charge in [0.15, 0.2) is 0 Å². The minimum Gasteiger partial charge on any atom is -0.474 e. The van der Waals surface area contributed by atoms with Crippen molar-refractivity contribution in [3.05, 3.63) is 40.9 Å². The molecule has 2 aromatic heterocycles. The molecule has 1 fully saturated rings. The molecule has 1 aliphatic rings. The van der Waals surface area contributed by atoms with Crippen LogP contribution >= 0.6 is 11.6 Å². The van der Waals surface area contributed by atoms with Crippen LogP contribution in [0.5, 0.6) is 5.88 Å². The van der Waals surface area contributed by atoms with Crippen LogP contribution in [0.25, 0.3) is 0 Å². The average molecular weight is 319 g/mol. The number of ether oxygens (including phenoxy) is 1. The second-order valence-corrected chi connectivity index (χ2v) is 5.86. The van der Waals surface area contributed by atoms with Crippen molar-refractivity contribution < 1.29 is 4.74 Å². The van der Waals surface area contributed by atoms with E-state index in [1.54, 1.807) is 12.3 Å². The van der Waals surface area contributed by atoms with Gasteiger partial charge in [-0.05, 0) is 38.7 Å². The maximum absolute atomic E-state index is 6.03. The molecule has 2 heterocycles. The zero-order valence-corrected chi connectivity index (χ0v) is 13.3. The van der Waals surface area contributed by atoms with Crippen LogP contribution in [0.3, 0.4) is 0 Å². The third kappa shape index (κ3) is 3.85. The summed E-state index contributed by atoms with van der Waals surface area (Å²) >= 11 is 5.95. The lowest BCUT2D eigenvalue weighted by Gasteiger charge is -2.15. The van der Waals surface area contributed by atoms with E-state index < -0.39 is 0 Å². The quantitative estimate of drug-likeness (QED) is 0.850. The highest BCUT2D eigenvalue weighted by Gasteiger charge is 2.18. The van der Waals surface area contributed by atoms with E-state index in [1.165, 1.54) is 12.8 Å². The molecule has 0 atom stereocenters. The summed E-state index contributed by atoms with van der Waals surface area (Å²) in [7, 11) is 0. The van der Waals surface area contributed by atoms with Gasteiger partial charge in [-0.25, -0.2) is 15.0 Å². The number of pyridine rings is 1. The Labute approximate surface area is 135 Å². The van der Waals surface area contributed by atoms with Crippen molar-refractivity contribution in [2.75, 3.05) is 5.32 Å². The number of hydrogen-bond acceptors (Lipinski definition) is 5. The highest BCUT2D eigenvalue weighted by Crippen LogP contribution is 2.25. The van der Waals surface area contributed by atoms with Crippen LogP contribution in [0.4, 0.5) is 5.82 Å². The van der Waals surface area contributed by atoms with Crippen LogP contribution in [0, 0.1) is 6.92 Å². The lowest BCUT2D eigenvalue weighted by molar-refractivity contribution is 0.199. The highest BCUT2D eigenvalue weighted by atomic mass is 35.5. The van der Waals surface area contributed by atoms with Crippen molar-refractivity contribution in [1.82, 2.24) is 15.0 Å². The number of nitrogens with zero attached hydrogens (tertiary/aromatic N) is 3. The van der Waals surface area contributed by atoms with Crippen molar-refractivity contribution in [1.29, 1.82) is 0 Å². The molecule has 1 saturated carbocycles. The minimum atomic E-state index is 0.296. The second kappa shape index (κ2) is 6.92. The topological polar surface area (TPSA) is 59.9 Å². The average Bonchev–Trinajstić information content (AvgIpc) is 2.98. The molecule has 0 saturated heterocycles. The number of anilines is 1. The smallest absolute Gasteiger partial charge is 0.218 e. The molecule has 2 aromatic rings. The summed E-state index contributed by atoms with van der Waals surface area (Å²) in [6.45, 7) is 2.40. The number of rotatable bonds is 5. The molecule has 1 aliphatic carbocycles. The molecule has 0 aliphatic heterocycles. The Balaban J connectivity index is 1.69. The summed E-state index contributed by atoms with van der Waals surface area (Å²) in [6.07, 6.45) is 6.77. The molecule has 22 heavy (non-hydrogen) atoms. The predicted molar refractivity (Wildman–Crippen MR) is 86.2 cm³/mol. The summed E-state index contributed by atoms with van der Waals surface area (Å²) in [5.74, 6) is 2.05. The van der Waals surface area contributed by atoms with Crippen molar-refractivity contribution >= 4 is 17.4 Å². The lowest BCUT2D eigenvalue weighted by Crippen LogP contribution is -2.14. The van der Waals surface area contributed by atoms with E-state index in [9.17, 15) is 0 Å². The first-order chi connectivity index (χ1) is 10.7. The van der Waals surface area contributed by atoms with Crippen LogP contribution in [0.15, 0.2) is 24.4 Å². The van der Waals surface area contributed by atoms with Gasteiger partial charge >= 0.3 is 0 Å². The Morgan fingerprint density at radius 3 is 2.91 bits per heavy atom. The van der Waals surface area contributed by atoms with Crippen LogP contribution in [0.2, 0.25) is 5.15 Å². The number of halogens is 1. The third-order valence-electron chi connectivity index (χ3n) is 3.70. The summed E-state index contributed by atoms with van der Waals surface area (Å²) in [5.41, 5.74) is 1.02. The molecular formula is C16H19ClN4O. The first-order valence-corrected chi connectivity index (χ1v) is 7.94. The Bertz CT molecular complexity index is 624. The summed E-state index contributed by atoms with van der Waals surface area (Å²) < 4.78 is 6.03.